The Morgan fingerprint density at radius 1 is 0.774 bits per heavy atom. The SMILES string of the molecule is CC(C)CCCCC(=O)N(C(=O)[C@H](CCC(=O)O)NC(=O)C(Cc1cccc2ccccc12)Cc1cccc2ccccc12)[C@H](CO)[C@@](C)(O)[C@H](C)N. The molecule has 0 aliphatic heterocycles. The minimum Gasteiger partial charge on any atom is -0.481 e. The number of fused-ring (bicyclic) bond motifs is 2. The minimum absolute atomic E-state index is 0.0472. The molecule has 4 rings (SSSR count). The summed E-state index contributed by atoms with van der Waals surface area (Å²) in [7, 11) is 0. The Balaban J connectivity index is 1.74. The van der Waals surface area contributed by atoms with Crippen molar-refractivity contribution in [2.75, 3.05) is 6.61 Å². The number of carbonyl (C=O) groups is 4. The molecule has 0 aromatic heterocycles. The molecule has 0 unspecified atom stereocenters. The van der Waals surface area contributed by atoms with Crippen LogP contribution in [-0.2, 0) is 32.0 Å². The zero-order chi connectivity index (χ0) is 38.7. The van der Waals surface area contributed by atoms with E-state index >= 15 is 0 Å². The molecule has 10 nitrogen and oxygen atoms in total. The van der Waals surface area contributed by atoms with Crippen LogP contribution in [0.15, 0.2) is 84.9 Å². The molecule has 4 atom stereocenters. The van der Waals surface area contributed by atoms with Gasteiger partial charge in [0.15, 0.2) is 0 Å². The number of carboxylic acids is 1. The maximum Gasteiger partial charge on any atom is 0.303 e. The van der Waals surface area contributed by atoms with E-state index in [9.17, 15) is 34.5 Å². The Hall–Kier alpha value is -4.64. The number of aliphatic hydroxyl groups is 2. The van der Waals surface area contributed by atoms with E-state index in [0.717, 1.165) is 50.4 Å². The van der Waals surface area contributed by atoms with Gasteiger partial charge >= 0.3 is 5.97 Å². The van der Waals surface area contributed by atoms with Crippen molar-refractivity contribution in [2.45, 2.75) is 103 Å². The summed E-state index contributed by atoms with van der Waals surface area (Å²) in [6, 6.07) is 23.8. The normalized spacial score (nSPS) is 14.5. The standard InChI is InChI=1S/C43H55N3O7/c1-28(2)13-5-10-22-39(48)46(38(27-47)43(4,53)29(3)44)42(52)37(23-24-40(49)50)45-41(51)34(25-32-18-11-16-30-14-6-8-20-35(30)32)26-33-19-12-17-31-15-7-9-21-36(31)33/h6-9,11-12,14-21,28-29,34,37-38,47,53H,5,10,13,22-27,44H2,1-4H3,(H,45,51)(H,49,50)/t29-,37-,38+,43-/m0/s1. The van der Waals surface area contributed by atoms with Crippen molar-refractivity contribution in [1.82, 2.24) is 10.2 Å². The van der Waals surface area contributed by atoms with Crippen LogP contribution < -0.4 is 11.1 Å². The summed E-state index contributed by atoms with van der Waals surface area (Å²) in [6.45, 7) is 6.21. The lowest BCUT2D eigenvalue weighted by molar-refractivity contribution is -0.160. The van der Waals surface area contributed by atoms with E-state index in [1.165, 1.54) is 13.8 Å². The number of amides is 3. The number of carboxylic acid groups (broad SMARTS) is 1. The van der Waals surface area contributed by atoms with E-state index in [1.807, 2.05) is 84.9 Å². The third-order valence-corrected chi connectivity index (χ3v) is 10.3. The minimum atomic E-state index is -1.90. The number of rotatable bonds is 19. The van der Waals surface area contributed by atoms with Crippen molar-refractivity contribution in [3.8, 4) is 0 Å². The molecular formula is C43H55N3O7. The summed E-state index contributed by atoms with van der Waals surface area (Å²) in [5, 5.41) is 38.5. The molecule has 3 amide bonds. The molecule has 0 saturated carbocycles. The lowest BCUT2D eigenvalue weighted by Gasteiger charge is -2.42. The summed E-state index contributed by atoms with van der Waals surface area (Å²) >= 11 is 0. The molecule has 0 bridgehead atoms. The van der Waals surface area contributed by atoms with Crippen LogP contribution in [0.4, 0.5) is 0 Å². The smallest absolute Gasteiger partial charge is 0.303 e. The van der Waals surface area contributed by atoms with Crippen molar-refractivity contribution >= 4 is 45.2 Å². The first-order chi connectivity index (χ1) is 25.2. The van der Waals surface area contributed by atoms with Crippen LogP contribution >= 0.6 is 0 Å². The van der Waals surface area contributed by atoms with E-state index in [-0.39, 0.29) is 12.8 Å². The molecule has 0 spiro atoms. The van der Waals surface area contributed by atoms with Gasteiger partial charge in [0.25, 0.3) is 5.91 Å². The summed E-state index contributed by atoms with van der Waals surface area (Å²) < 4.78 is 0. The van der Waals surface area contributed by atoms with Crippen LogP contribution in [0.5, 0.6) is 0 Å². The number of hydrogen-bond acceptors (Lipinski definition) is 7. The summed E-state index contributed by atoms with van der Waals surface area (Å²) in [5.74, 6) is -3.50. The van der Waals surface area contributed by atoms with E-state index in [4.69, 9.17) is 5.73 Å². The van der Waals surface area contributed by atoms with E-state index in [0.29, 0.717) is 25.2 Å². The highest BCUT2D eigenvalue weighted by molar-refractivity contribution is 6.00. The highest BCUT2D eigenvalue weighted by atomic mass is 16.4. The van der Waals surface area contributed by atoms with E-state index in [2.05, 4.69) is 19.2 Å². The van der Waals surface area contributed by atoms with Crippen LogP contribution in [0.25, 0.3) is 21.5 Å². The molecule has 0 aliphatic carbocycles. The highest BCUT2D eigenvalue weighted by Crippen LogP contribution is 2.28. The van der Waals surface area contributed by atoms with Crippen molar-refractivity contribution in [1.29, 1.82) is 0 Å². The molecule has 0 radical (unpaired) electrons. The van der Waals surface area contributed by atoms with Gasteiger partial charge in [-0.1, -0.05) is 112 Å². The molecule has 0 aliphatic rings. The first-order valence-electron chi connectivity index (χ1n) is 18.6. The molecule has 0 saturated heterocycles. The van der Waals surface area contributed by atoms with Gasteiger partial charge in [0.2, 0.25) is 11.8 Å². The van der Waals surface area contributed by atoms with Gasteiger partial charge in [-0.15, -0.1) is 0 Å². The number of aliphatic carboxylic acids is 1. The fourth-order valence-corrected chi connectivity index (χ4v) is 6.94. The summed E-state index contributed by atoms with van der Waals surface area (Å²) in [6.07, 6.45) is 1.85. The van der Waals surface area contributed by atoms with Gasteiger partial charge in [-0.25, -0.2) is 0 Å². The number of aliphatic hydroxyl groups excluding tert-OH is 1. The molecular weight excluding hydrogens is 670 g/mol. The largest absolute Gasteiger partial charge is 0.481 e. The Kier molecular flexibility index (Phi) is 14.7. The molecule has 6 N–H and O–H groups in total. The number of benzene rings is 4. The van der Waals surface area contributed by atoms with Crippen molar-refractivity contribution < 1.29 is 34.5 Å². The molecule has 4 aromatic carbocycles. The van der Waals surface area contributed by atoms with Crippen LogP contribution in [0.2, 0.25) is 0 Å². The van der Waals surface area contributed by atoms with Gasteiger partial charge in [-0.3, -0.25) is 24.1 Å². The highest BCUT2D eigenvalue weighted by Gasteiger charge is 2.45. The fraction of sp³-hybridized carbons (Fsp3) is 0.442. The topological polar surface area (TPSA) is 170 Å². The number of nitrogens with two attached hydrogens (primary N) is 1. The van der Waals surface area contributed by atoms with Crippen LogP contribution in [0.3, 0.4) is 0 Å². The van der Waals surface area contributed by atoms with Gasteiger partial charge in [-0.2, -0.15) is 0 Å². The predicted molar refractivity (Wildman–Crippen MR) is 208 cm³/mol. The number of unbranched alkanes of at least 4 members (excludes halogenated alkanes) is 1. The number of hydrogen-bond donors (Lipinski definition) is 5. The molecule has 4 aromatic rings. The second kappa shape index (κ2) is 18.9. The average molecular weight is 726 g/mol. The monoisotopic (exact) mass is 725 g/mol. The predicted octanol–water partition coefficient (Wildman–Crippen LogP) is 5.77. The maximum absolute atomic E-state index is 14.6. The molecule has 0 fully saturated rings. The van der Waals surface area contributed by atoms with Gasteiger partial charge in [0.1, 0.15) is 6.04 Å². The Morgan fingerprint density at radius 3 is 1.79 bits per heavy atom. The van der Waals surface area contributed by atoms with E-state index < -0.39 is 66.4 Å². The zero-order valence-corrected chi connectivity index (χ0v) is 31.3. The number of carbonyl (C=O) groups excluding carboxylic acids is 3. The third-order valence-electron chi connectivity index (χ3n) is 10.3. The molecule has 10 heteroatoms. The van der Waals surface area contributed by atoms with Crippen molar-refractivity contribution in [2.24, 2.45) is 17.6 Å². The number of nitrogens with zero attached hydrogens (tertiary/aromatic N) is 1. The van der Waals surface area contributed by atoms with Crippen LogP contribution in [0.1, 0.15) is 77.3 Å². The number of imide groups is 1. The van der Waals surface area contributed by atoms with E-state index in [1.54, 1.807) is 0 Å². The van der Waals surface area contributed by atoms with Gasteiger partial charge in [0.05, 0.1) is 18.2 Å². The fourth-order valence-electron chi connectivity index (χ4n) is 6.94. The Morgan fingerprint density at radius 2 is 1.30 bits per heavy atom. The quantitative estimate of drug-likeness (QED) is 0.0759. The summed E-state index contributed by atoms with van der Waals surface area (Å²) in [5.41, 5.74) is 6.07. The molecule has 0 heterocycles. The van der Waals surface area contributed by atoms with Crippen molar-refractivity contribution in [3.05, 3.63) is 96.1 Å². The lowest BCUT2D eigenvalue weighted by atomic mass is 9.87. The third kappa shape index (κ3) is 10.7. The van der Waals surface area contributed by atoms with Gasteiger partial charge in [-0.05, 0) is 78.1 Å². The molecule has 284 valence electrons. The first kappa shape index (κ1) is 41.1. The maximum atomic E-state index is 14.6. The van der Waals surface area contributed by atoms with Gasteiger partial charge < -0.3 is 26.4 Å². The van der Waals surface area contributed by atoms with Gasteiger partial charge in [0, 0.05) is 24.8 Å². The zero-order valence-electron chi connectivity index (χ0n) is 31.3. The first-order valence-corrected chi connectivity index (χ1v) is 18.6. The van der Waals surface area contributed by atoms with Crippen LogP contribution in [0, 0.1) is 11.8 Å². The van der Waals surface area contributed by atoms with Crippen LogP contribution in [-0.4, -0.2) is 74.2 Å². The Bertz CT molecular complexity index is 1780. The second-order valence-electron chi connectivity index (χ2n) is 14.8. The molecule has 53 heavy (non-hydrogen) atoms. The second-order valence-corrected chi connectivity index (χ2v) is 14.8. The van der Waals surface area contributed by atoms with Crippen molar-refractivity contribution in [3.63, 3.8) is 0 Å². The average Bonchev–Trinajstić information content (AvgIpc) is 3.13. The summed E-state index contributed by atoms with van der Waals surface area (Å²) in [4.78, 5) is 55.7. The lowest BCUT2D eigenvalue weighted by Crippen LogP contribution is -2.65. The Labute approximate surface area is 312 Å². The number of nitrogens with one attached hydrogen (secondary N) is 1.